The average Bonchev–Trinajstić information content (AvgIpc) is 2.83. The fourth-order valence-electron chi connectivity index (χ4n) is 4.29. The highest BCUT2D eigenvalue weighted by Crippen LogP contribution is 2.38. The molecule has 5 nitrogen and oxygen atoms in total. The van der Waals surface area contributed by atoms with Crippen LogP contribution in [-0.4, -0.2) is 29.8 Å². The summed E-state index contributed by atoms with van der Waals surface area (Å²) in [5.74, 6) is -0.619. The molecular weight excluding hydrogens is 410 g/mol. The predicted octanol–water partition coefficient (Wildman–Crippen LogP) is 4.70. The molecule has 0 spiro atoms. The van der Waals surface area contributed by atoms with Gasteiger partial charge in [0.2, 0.25) is 0 Å². The summed E-state index contributed by atoms with van der Waals surface area (Å²) in [5, 5.41) is 15.7. The van der Waals surface area contributed by atoms with Gasteiger partial charge in [0.25, 0.3) is 5.91 Å². The molecule has 3 aromatic carbocycles. The van der Waals surface area contributed by atoms with Crippen LogP contribution in [0.5, 0.6) is 0 Å². The lowest BCUT2D eigenvalue weighted by molar-refractivity contribution is -0.136. The number of carbonyl (C=O) groups excluding carboxylic acids is 1. The van der Waals surface area contributed by atoms with E-state index in [0.29, 0.717) is 11.1 Å². The Kier molecular flexibility index (Phi) is 5.91. The van der Waals surface area contributed by atoms with Crippen LogP contribution in [0.3, 0.4) is 0 Å². The standard InChI is InChI=1S/C28H29N3O2/c1-20-18-27(2,3)31(4)25-16-15-21(17-24(20)25)19-29-30-26(32)28(33,22-11-7-5-8-12-22)23-13-9-6-10-14-23/h5-19,33H,1-4H3,(H,30,32)/b29-19-. The zero-order valence-corrected chi connectivity index (χ0v) is 19.4. The van der Waals surface area contributed by atoms with Crippen LogP contribution in [-0.2, 0) is 10.4 Å². The van der Waals surface area contributed by atoms with Gasteiger partial charge in [-0.05, 0) is 55.2 Å². The van der Waals surface area contributed by atoms with E-state index in [-0.39, 0.29) is 5.54 Å². The maximum atomic E-state index is 13.2. The maximum absolute atomic E-state index is 13.2. The molecule has 1 aliphatic heterocycles. The normalized spacial score (nSPS) is 15.2. The second kappa shape index (κ2) is 8.68. The summed E-state index contributed by atoms with van der Waals surface area (Å²) in [6.45, 7) is 6.48. The van der Waals surface area contributed by atoms with Gasteiger partial charge in [0.05, 0.1) is 11.8 Å². The van der Waals surface area contributed by atoms with E-state index in [4.69, 9.17) is 0 Å². The van der Waals surface area contributed by atoms with Crippen molar-refractivity contribution in [1.29, 1.82) is 0 Å². The molecule has 0 aromatic heterocycles. The third kappa shape index (κ3) is 4.20. The number of hydrogen-bond acceptors (Lipinski definition) is 4. The average molecular weight is 440 g/mol. The molecule has 5 heteroatoms. The highest BCUT2D eigenvalue weighted by atomic mass is 16.3. The van der Waals surface area contributed by atoms with Gasteiger partial charge < -0.3 is 10.0 Å². The van der Waals surface area contributed by atoms with Gasteiger partial charge in [0, 0.05) is 18.3 Å². The molecule has 0 atom stereocenters. The van der Waals surface area contributed by atoms with Crippen molar-refractivity contribution in [2.75, 3.05) is 11.9 Å². The number of fused-ring (bicyclic) bond motifs is 1. The third-order valence-electron chi connectivity index (χ3n) is 6.33. The summed E-state index contributed by atoms with van der Waals surface area (Å²) in [7, 11) is 2.09. The van der Waals surface area contributed by atoms with Gasteiger partial charge in [0.1, 0.15) is 0 Å². The molecule has 0 fully saturated rings. The second-order valence-electron chi connectivity index (χ2n) is 8.96. The van der Waals surface area contributed by atoms with Gasteiger partial charge in [-0.3, -0.25) is 4.79 Å². The number of benzene rings is 3. The predicted molar refractivity (Wildman–Crippen MR) is 134 cm³/mol. The summed E-state index contributed by atoms with van der Waals surface area (Å²) < 4.78 is 0. The Hall–Kier alpha value is -3.70. The van der Waals surface area contributed by atoms with E-state index in [2.05, 4.69) is 61.5 Å². The number of anilines is 1. The summed E-state index contributed by atoms with van der Waals surface area (Å²) in [6, 6.07) is 23.9. The van der Waals surface area contributed by atoms with Gasteiger partial charge in [-0.2, -0.15) is 5.10 Å². The van der Waals surface area contributed by atoms with Crippen molar-refractivity contribution < 1.29 is 9.90 Å². The maximum Gasteiger partial charge on any atom is 0.281 e. The fraction of sp³-hybridized carbons (Fsp3) is 0.214. The van der Waals surface area contributed by atoms with Crippen LogP contribution < -0.4 is 10.3 Å². The largest absolute Gasteiger partial charge is 0.372 e. The Bertz CT molecular complexity index is 1170. The van der Waals surface area contributed by atoms with Crippen LogP contribution in [0.4, 0.5) is 5.69 Å². The summed E-state index contributed by atoms with van der Waals surface area (Å²) in [6.07, 6.45) is 3.85. The minimum atomic E-state index is -1.86. The summed E-state index contributed by atoms with van der Waals surface area (Å²) in [5.41, 5.74) is 5.93. The number of hydrogen-bond donors (Lipinski definition) is 2. The molecule has 0 bridgehead atoms. The molecule has 0 radical (unpaired) electrons. The van der Waals surface area contributed by atoms with Crippen LogP contribution in [0.15, 0.2) is 90.0 Å². The minimum absolute atomic E-state index is 0.0556. The van der Waals surface area contributed by atoms with Crippen LogP contribution >= 0.6 is 0 Å². The zero-order valence-electron chi connectivity index (χ0n) is 19.4. The number of nitrogens with one attached hydrogen (secondary N) is 1. The smallest absolute Gasteiger partial charge is 0.281 e. The molecule has 1 heterocycles. The number of likely N-dealkylation sites (N-methyl/N-ethyl adjacent to an activating group) is 1. The molecule has 0 saturated heterocycles. The number of nitrogens with zero attached hydrogens (tertiary/aromatic N) is 2. The Labute approximate surface area is 195 Å². The van der Waals surface area contributed by atoms with Crippen LogP contribution in [0.1, 0.15) is 43.0 Å². The van der Waals surface area contributed by atoms with Crippen molar-refractivity contribution in [3.8, 4) is 0 Å². The molecule has 0 unspecified atom stereocenters. The van der Waals surface area contributed by atoms with E-state index in [1.165, 1.54) is 5.57 Å². The van der Waals surface area contributed by atoms with E-state index in [1.807, 2.05) is 18.2 Å². The molecule has 33 heavy (non-hydrogen) atoms. The first kappa shape index (κ1) is 22.5. The first-order chi connectivity index (χ1) is 15.7. The van der Waals surface area contributed by atoms with E-state index in [0.717, 1.165) is 16.8 Å². The minimum Gasteiger partial charge on any atom is -0.372 e. The monoisotopic (exact) mass is 439 g/mol. The van der Waals surface area contributed by atoms with Crippen molar-refractivity contribution in [3.63, 3.8) is 0 Å². The van der Waals surface area contributed by atoms with Gasteiger partial charge in [-0.1, -0.05) is 72.8 Å². The van der Waals surface area contributed by atoms with Crippen molar-refractivity contribution >= 4 is 23.4 Å². The van der Waals surface area contributed by atoms with Crippen molar-refractivity contribution in [2.24, 2.45) is 5.10 Å². The number of allylic oxidation sites excluding steroid dienone is 1. The van der Waals surface area contributed by atoms with Crippen molar-refractivity contribution in [1.82, 2.24) is 5.43 Å². The quantitative estimate of drug-likeness (QED) is 0.447. The highest BCUT2D eigenvalue weighted by molar-refractivity contribution is 5.92. The van der Waals surface area contributed by atoms with Gasteiger partial charge in [-0.25, -0.2) is 5.43 Å². The first-order valence-corrected chi connectivity index (χ1v) is 11.0. The molecule has 3 aromatic rings. The molecule has 0 saturated carbocycles. The van der Waals surface area contributed by atoms with Gasteiger partial charge in [-0.15, -0.1) is 0 Å². The van der Waals surface area contributed by atoms with Crippen molar-refractivity contribution in [3.05, 3.63) is 107 Å². The topological polar surface area (TPSA) is 64.9 Å². The number of carbonyl (C=O) groups is 1. The molecule has 168 valence electrons. The van der Waals surface area contributed by atoms with E-state index < -0.39 is 11.5 Å². The lowest BCUT2D eigenvalue weighted by Crippen LogP contribution is -2.43. The van der Waals surface area contributed by atoms with Crippen LogP contribution in [0, 0.1) is 0 Å². The fourth-order valence-corrected chi connectivity index (χ4v) is 4.29. The van der Waals surface area contributed by atoms with E-state index in [1.54, 1.807) is 54.7 Å². The third-order valence-corrected chi connectivity index (χ3v) is 6.33. The second-order valence-corrected chi connectivity index (χ2v) is 8.96. The van der Waals surface area contributed by atoms with Crippen LogP contribution in [0.2, 0.25) is 0 Å². The molecule has 1 aliphatic rings. The lowest BCUT2D eigenvalue weighted by atomic mass is 9.85. The van der Waals surface area contributed by atoms with Gasteiger partial charge in [0.15, 0.2) is 5.60 Å². The molecular formula is C28H29N3O2. The van der Waals surface area contributed by atoms with E-state index >= 15 is 0 Å². The Morgan fingerprint density at radius 3 is 2.15 bits per heavy atom. The zero-order chi connectivity index (χ0) is 23.6. The molecule has 0 aliphatic carbocycles. The molecule has 2 N–H and O–H groups in total. The number of aliphatic hydroxyl groups is 1. The Morgan fingerprint density at radius 1 is 1.00 bits per heavy atom. The molecule has 1 amide bonds. The lowest BCUT2D eigenvalue weighted by Gasteiger charge is -2.40. The number of amides is 1. The van der Waals surface area contributed by atoms with E-state index in [9.17, 15) is 9.90 Å². The Balaban J connectivity index is 1.59. The first-order valence-electron chi connectivity index (χ1n) is 11.0. The SMILES string of the molecule is CC1=CC(C)(C)N(C)c2ccc(/C=N\NC(=O)C(O)(c3ccccc3)c3ccccc3)cc21. The number of rotatable bonds is 5. The van der Waals surface area contributed by atoms with Gasteiger partial charge >= 0.3 is 0 Å². The highest BCUT2D eigenvalue weighted by Gasteiger charge is 2.39. The Morgan fingerprint density at radius 2 is 1.58 bits per heavy atom. The van der Waals surface area contributed by atoms with Crippen molar-refractivity contribution in [2.45, 2.75) is 31.9 Å². The molecule has 4 rings (SSSR count). The van der Waals surface area contributed by atoms with Crippen LogP contribution in [0.25, 0.3) is 5.57 Å². The number of hydrazone groups is 1. The summed E-state index contributed by atoms with van der Waals surface area (Å²) >= 11 is 0. The summed E-state index contributed by atoms with van der Waals surface area (Å²) in [4.78, 5) is 15.4.